The molecule has 1 unspecified atom stereocenters. The Bertz CT molecular complexity index is 519. The van der Waals surface area contributed by atoms with Gasteiger partial charge in [0.15, 0.2) is 0 Å². The van der Waals surface area contributed by atoms with Gasteiger partial charge in [0.25, 0.3) is 0 Å². The number of benzene rings is 2. The molecule has 0 radical (unpaired) electrons. The van der Waals surface area contributed by atoms with Gasteiger partial charge in [0, 0.05) is 6.04 Å². The Labute approximate surface area is 114 Å². The summed E-state index contributed by atoms with van der Waals surface area (Å²) in [5, 5.41) is 3.31. The first kappa shape index (κ1) is 13.8. The molecule has 2 aromatic rings. The van der Waals surface area contributed by atoms with Crippen molar-refractivity contribution in [1.29, 1.82) is 0 Å². The normalized spacial score (nSPS) is 12.4. The molecule has 0 aromatic heterocycles. The maximum atomic E-state index is 12.9. The van der Waals surface area contributed by atoms with Gasteiger partial charge in [-0.25, -0.2) is 4.39 Å². The van der Waals surface area contributed by atoms with Gasteiger partial charge in [-0.1, -0.05) is 36.4 Å². The van der Waals surface area contributed by atoms with E-state index in [1.54, 1.807) is 0 Å². The molecule has 2 heteroatoms. The van der Waals surface area contributed by atoms with E-state index in [4.69, 9.17) is 0 Å². The molecule has 1 N–H and O–H groups in total. The lowest BCUT2D eigenvalue weighted by atomic mass is 9.97. The van der Waals surface area contributed by atoms with Crippen LogP contribution in [0, 0.1) is 12.7 Å². The first-order chi connectivity index (χ1) is 9.20. The summed E-state index contributed by atoms with van der Waals surface area (Å²) in [5.41, 5.74) is 3.85. The van der Waals surface area contributed by atoms with Gasteiger partial charge < -0.3 is 5.32 Å². The lowest BCUT2D eigenvalue weighted by Gasteiger charge is -2.17. The second kappa shape index (κ2) is 6.48. The van der Waals surface area contributed by atoms with Crippen molar-refractivity contribution >= 4 is 0 Å². The summed E-state index contributed by atoms with van der Waals surface area (Å²) in [6, 6.07) is 15.5. The molecule has 0 saturated heterocycles. The summed E-state index contributed by atoms with van der Waals surface area (Å²) in [6.07, 6.45) is 2.03. The first-order valence-corrected chi connectivity index (χ1v) is 6.68. The molecule has 1 nitrogen and oxygen atoms in total. The molecule has 100 valence electrons. The number of hydrogen-bond acceptors (Lipinski definition) is 1. The zero-order valence-corrected chi connectivity index (χ0v) is 11.5. The predicted octanol–water partition coefficient (Wildman–Crippen LogP) is 4.03. The average Bonchev–Trinajstić information content (AvgIpc) is 2.43. The summed E-state index contributed by atoms with van der Waals surface area (Å²) >= 11 is 0. The Morgan fingerprint density at radius 2 is 1.74 bits per heavy atom. The largest absolute Gasteiger partial charge is 0.313 e. The highest BCUT2D eigenvalue weighted by molar-refractivity contribution is 5.26. The molecule has 0 spiro atoms. The van der Waals surface area contributed by atoms with E-state index >= 15 is 0 Å². The van der Waals surface area contributed by atoms with Gasteiger partial charge in [-0.3, -0.25) is 0 Å². The van der Waals surface area contributed by atoms with E-state index in [0.29, 0.717) is 0 Å². The van der Waals surface area contributed by atoms with E-state index in [1.165, 1.54) is 23.3 Å². The quantitative estimate of drug-likeness (QED) is 0.852. The van der Waals surface area contributed by atoms with Crippen LogP contribution in [0.3, 0.4) is 0 Å². The SMILES string of the molecule is CNC(CCc1ccccc1C)c1ccc(F)cc1. The maximum absolute atomic E-state index is 12.9. The molecule has 1 atom stereocenters. The standard InChI is InChI=1S/C17H20FN/c1-13-5-3-4-6-14(13)9-12-17(19-2)15-7-10-16(18)11-8-15/h3-8,10-11,17,19H,9,12H2,1-2H3. The third-order valence-corrected chi connectivity index (χ3v) is 3.58. The van der Waals surface area contributed by atoms with Crippen molar-refractivity contribution < 1.29 is 4.39 Å². The number of nitrogens with one attached hydrogen (secondary N) is 1. The monoisotopic (exact) mass is 257 g/mol. The third kappa shape index (κ3) is 3.65. The van der Waals surface area contributed by atoms with Crippen molar-refractivity contribution in [3.63, 3.8) is 0 Å². The van der Waals surface area contributed by atoms with Crippen LogP contribution < -0.4 is 5.32 Å². The van der Waals surface area contributed by atoms with Crippen LogP contribution in [0.4, 0.5) is 4.39 Å². The third-order valence-electron chi connectivity index (χ3n) is 3.58. The van der Waals surface area contributed by atoms with E-state index in [-0.39, 0.29) is 11.9 Å². The average molecular weight is 257 g/mol. The van der Waals surface area contributed by atoms with Crippen LogP contribution in [0.2, 0.25) is 0 Å². The fourth-order valence-electron chi connectivity index (χ4n) is 2.36. The van der Waals surface area contributed by atoms with Gasteiger partial charge in [-0.2, -0.15) is 0 Å². The Kier molecular flexibility index (Phi) is 4.69. The molecule has 0 amide bonds. The molecule has 0 aliphatic carbocycles. The van der Waals surface area contributed by atoms with Gasteiger partial charge in [-0.15, -0.1) is 0 Å². The molecular weight excluding hydrogens is 237 g/mol. The van der Waals surface area contributed by atoms with E-state index in [1.807, 2.05) is 19.2 Å². The molecule has 0 aliphatic heterocycles. The van der Waals surface area contributed by atoms with E-state index in [0.717, 1.165) is 18.4 Å². The van der Waals surface area contributed by atoms with Crippen LogP contribution in [-0.4, -0.2) is 7.05 Å². The summed E-state index contributed by atoms with van der Waals surface area (Å²) in [7, 11) is 1.95. The van der Waals surface area contributed by atoms with Crippen LogP contribution in [0.25, 0.3) is 0 Å². The predicted molar refractivity (Wildman–Crippen MR) is 77.7 cm³/mol. The van der Waals surface area contributed by atoms with Crippen molar-refractivity contribution in [2.45, 2.75) is 25.8 Å². The molecule has 0 aliphatic rings. The van der Waals surface area contributed by atoms with Crippen LogP contribution in [-0.2, 0) is 6.42 Å². The van der Waals surface area contributed by atoms with E-state index in [2.05, 4.69) is 36.5 Å². The summed E-state index contributed by atoms with van der Waals surface area (Å²) in [6.45, 7) is 2.14. The van der Waals surface area contributed by atoms with Crippen LogP contribution in [0.1, 0.15) is 29.2 Å². The minimum Gasteiger partial charge on any atom is -0.313 e. The van der Waals surface area contributed by atoms with Crippen LogP contribution >= 0.6 is 0 Å². The fraction of sp³-hybridized carbons (Fsp3) is 0.294. The second-order valence-electron chi connectivity index (χ2n) is 4.86. The molecule has 19 heavy (non-hydrogen) atoms. The molecule has 2 aromatic carbocycles. The highest BCUT2D eigenvalue weighted by Gasteiger charge is 2.09. The second-order valence-corrected chi connectivity index (χ2v) is 4.86. The first-order valence-electron chi connectivity index (χ1n) is 6.68. The molecule has 2 rings (SSSR count). The van der Waals surface area contributed by atoms with Gasteiger partial charge in [-0.05, 0) is 55.6 Å². The number of aryl methyl sites for hydroxylation is 2. The van der Waals surface area contributed by atoms with Crippen molar-refractivity contribution in [2.24, 2.45) is 0 Å². The summed E-state index contributed by atoms with van der Waals surface area (Å²) in [5.74, 6) is -0.183. The van der Waals surface area contributed by atoms with Gasteiger partial charge in [0.1, 0.15) is 5.82 Å². The number of rotatable bonds is 5. The highest BCUT2D eigenvalue weighted by atomic mass is 19.1. The van der Waals surface area contributed by atoms with Crippen molar-refractivity contribution in [1.82, 2.24) is 5.32 Å². The molecule has 0 fully saturated rings. The molecule has 0 heterocycles. The topological polar surface area (TPSA) is 12.0 Å². The molecule has 0 bridgehead atoms. The van der Waals surface area contributed by atoms with Gasteiger partial charge in [0.2, 0.25) is 0 Å². The zero-order chi connectivity index (χ0) is 13.7. The van der Waals surface area contributed by atoms with Crippen LogP contribution in [0.5, 0.6) is 0 Å². The fourth-order valence-corrected chi connectivity index (χ4v) is 2.36. The Morgan fingerprint density at radius 1 is 1.05 bits per heavy atom. The highest BCUT2D eigenvalue weighted by Crippen LogP contribution is 2.20. The minimum absolute atomic E-state index is 0.183. The maximum Gasteiger partial charge on any atom is 0.123 e. The lowest BCUT2D eigenvalue weighted by Crippen LogP contribution is -2.17. The Morgan fingerprint density at radius 3 is 2.37 bits per heavy atom. The number of hydrogen-bond donors (Lipinski definition) is 1. The van der Waals surface area contributed by atoms with E-state index < -0.39 is 0 Å². The van der Waals surface area contributed by atoms with Crippen molar-refractivity contribution in [3.8, 4) is 0 Å². The van der Waals surface area contributed by atoms with Gasteiger partial charge in [0.05, 0.1) is 0 Å². The van der Waals surface area contributed by atoms with E-state index in [9.17, 15) is 4.39 Å². The Hall–Kier alpha value is -1.67. The Balaban J connectivity index is 2.04. The van der Waals surface area contributed by atoms with Crippen molar-refractivity contribution in [3.05, 3.63) is 71.0 Å². The van der Waals surface area contributed by atoms with Crippen molar-refractivity contribution in [2.75, 3.05) is 7.05 Å². The van der Waals surface area contributed by atoms with Gasteiger partial charge >= 0.3 is 0 Å². The smallest absolute Gasteiger partial charge is 0.123 e. The number of halogens is 1. The molecule has 0 saturated carbocycles. The minimum atomic E-state index is -0.183. The summed E-state index contributed by atoms with van der Waals surface area (Å²) < 4.78 is 12.9. The zero-order valence-electron chi connectivity index (χ0n) is 11.5. The van der Waals surface area contributed by atoms with Crippen LogP contribution in [0.15, 0.2) is 48.5 Å². The molecular formula is C17H20FN. The lowest BCUT2D eigenvalue weighted by molar-refractivity contribution is 0.546. The summed E-state index contributed by atoms with van der Waals surface area (Å²) in [4.78, 5) is 0.